The second-order valence-electron chi connectivity index (χ2n) is 5.54. The van der Waals surface area contributed by atoms with Gasteiger partial charge in [0.2, 0.25) is 5.91 Å². The summed E-state index contributed by atoms with van der Waals surface area (Å²) in [5, 5.41) is 5.69. The fraction of sp³-hybridized carbons (Fsp3) is 0.923. The number of carbonyl (C=O) groups is 1. The highest BCUT2D eigenvalue weighted by Gasteiger charge is 2.45. The van der Waals surface area contributed by atoms with Crippen molar-refractivity contribution in [1.82, 2.24) is 10.6 Å². The first kappa shape index (κ1) is 15.6. The van der Waals surface area contributed by atoms with Crippen LogP contribution in [-0.4, -0.2) is 43.9 Å². The van der Waals surface area contributed by atoms with Gasteiger partial charge < -0.3 is 15.4 Å². The van der Waals surface area contributed by atoms with Gasteiger partial charge in [-0.1, -0.05) is 12.8 Å². The maximum atomic E-state index is 12.9. The summed E-state index contributed by atoms with van der Waals surface area (Å²) in [5.74, 6) is -1.73. The van der Waals surface area contributed by atoms with E-state index >= 15 is 0 Å². The number of hydrogen-bond acceptors (Lipinski definition) is 3. The first-order valence-electron chi connectivity index (χ1n) is 7.14. The number of halogens is 3. The summed E-state index contributed by atoms with van der Waals surface area (Å²) < 4.78 is 44.0. The Morgan fingerprint density at radius 1 is 1.30 bits per heavy atom. The number of amides is 1. The van der Waals surface area contributed by atoms with Crippen molar-refractivity contribution in [3.05, 3.63) is 0 Å². The summed E-state index contributed by atoms with van der Waals surface area (Å²) >= 11 is 0. The van der Waals surface area contributed by atoms with Gasteiger partial charge in [-0.05, 0) is 12.8 Å². The molecular formula is C13H21F3N2O2. The van der Waals surface area contributed by atoms with E-state index in [1.807, 2.05) is 0 Å². The molecule has 1 saturated heterocycles. The molecule has 0 bridgehead atoms. The van der Waals surface area contributed by atoms with Crippen LogP contribution in [-0.2, 0) is 9.53 Å². The molecule has 2 fully saturated rings. The highest BCUT2D eigenvalue weighted by atomic mass is 19.4. The third-order valence-corrected chi connectivity index (χ3v) is 3.96. The zero-order valence-electron chi connectivity index (χ0n) is 11.3. The second-order valence-corrected chi connectivity index (χ2v) is 5.54. The van der Waals surface area contributed by atoms with E-state index in [2.05, 4.69) is 10.6 Å². The van der Waals surface area contributed by atoms with Crippen LogP contribution in [0.1, 0.15) is 32.1 Å². The predicted molar refractivity (Wildman–Crippen MR) is 67.2 cm³/mol. The molecule has 0 aromatic rings. The molecule has 0 radical (unpaired) electrons. The minimum Gasteiger partial charge on any atom is -0.378 e. The van der Waals surface area contributed by atoms with Crippen molar-refractivity contribution in [3.63, 3.8) is 0 Å². The minimum atomic E-state index is -4.23. The minimum absolute atomic E-state index is 0.100. The van der Waals surface area contributed by atoms with Crippen molar-refractivity contribution >= 4 is 5.91 Å². The van der Waals surface area contributed by atoms with Crippen LogP contribution in [0.5, 0.6) is 0 Å². The largest absolute Gasteiger partial charge is 0.393 e. The van der Waals surface area contributed by atoms with E-state index in [1.165, 1.54) is 0 Å². The summed E-state index contributed by atoms with van der Waals surface area (Å²) in [7, 11) is 0. The van der Waals surface area contributed by atoms with E-state index in [1.54, 1.807) is 0 Å². The Labute approximate surface area is 116 Å². The third-order valence-electron chi connectivity index (χ3n) is 3.96. The number of carbonyl (C=O) groups excluding carboxylic acids is 1. The Morgan fingerprint density at radius 2 is 2.05 bits per heavy atom. The average Bonchev–Trinajstić information content (AvgIpc) is 2.39. The molecule has 3 unspecified atom stereocenters. The summed E-state index contributed by atoms with van der Waals surface area (Å²) in [5.41, 5.74) is 0. The lowest BCUT2D eigenvalue weighted by molar-refractivity contribution is -0.189. The van der Waals surface area contributed by atoms with Gasteiger partial charge in [0.15, 0.2) is 0 Å². The lowest BCUT2D eigenvalue weighted by Crippen LogP contribution is -2.50. The molecule has 2 rings (SSSR count). The Bertz CT molecular complexity index is 330. The van der Waals surface area contributed by atoms with Crippen molar-refractivity contribution in [3.8, 4) is 0 Å². The quantitative estimate of drug-likeness (QED) is 0.831. The summed E-state index contributed by atoms with van der Waals surface area (Å²) in [6.07, 6.45) is -2.23. The van der Waals surface area contributed by atoms with E-state index in [-0.39, 0.29) is 24.8 Å². The van der Waals surface area contributed by atoms with Crippen molar-refractivity contribution in [2.75, 3.05) is 19.8 Å². The zero-order chi connectivity index (χ0) is 14.6. The summed E-state index contributed by atoms with van der Waals surface area (Å²) in [6, 6.07) is -0.877. The van der Waals surface area contributed by atoms with Crippen LogP contribution in [0.15, 0.2) is 0 Å². The van der Waals surface area contributed by atoms with Crippen LogP contribution in [0.4, 0.5) is 13.2 Å². The summed E-state index contributed by atoms with van der Waals surface area (Å²) in [6.45, 7) is 1.71. The monoisotopic (exact) mass is 294 g/mol. The molecule has 20 heavy (non-hydrogen) atoms. The Kier molecular flexibility index (Phi) is 5.26. The predicted octanol–water partition coefficient (Wildman–Crippen LogP) is 1.60. The van der Waals surface area contributed by atoms with Crippen molar-refractivity contribution < 1.29 is 22.7 Å². The molecule has 1 saturated carbocycles. The fourth-order valence-corrected chi connectivity index (χ4v) is 2.94. The van der Waals surface area contributed by atoms with E-state index in [0.717, 1.165) is 6.42 Å². The number of nitrogens with one attached hydrogen (secondary N) is 2. The van der Waals surface area contributed by atoms with Crippen LogP contribution in [0.2, 0.25) is 0 Å². The van der Waals surface area contributed by atoms with Gasteiger partial charge in [-0.2, -0.15) is 13.2 Å². The standard InChI is InChI=1S/C13H21F3N2O2/c14-13(15,16)10-3-1-2-4-11(10)18-12(19)7-9-8-20-6-5-17-9/h9-11,17H,1-8H2,(H,18,19). The lowest BCUT2D eigenvalue weighted by Gasteiger charge is -2.34. The first-order chi connectivity index (χ1) is 9.47. The van der Waals surface area contributed by atoms with Gasteiger partial charge in [0.25, 0.3) is 0 Å². The second kappa shape index (κ2) is 6.76. The maximum Gasteiger partial charge on any atom is 0.393 e. The molecule has 116 valence electrons. The normalized spacial score (nSPS) is 31.9. The molecule has 0 spiro atoms. The molecule has 1 aliphatic heterocycles. The smallest absolute Gasteiger partial charge is 0.378 e. The maximum absolute atomic E-state index is 12.9. The topological polar surface area (TPSA) is 50.4 Å². The molecular weight excluding hydrogens is 273 g/mol. The van der Waals surface area contributed by atoms with Crippen LogP contribution in [0.3, 0.4) is 0 Å². The van der Waals surface area contributed by atoms with Crippen LogP contribution < -0.4 is 10.6 Å². The number of morpholine rings is 1. The molecule has 1 aliphatic carbocycles. The van der Waals surface area contributed by atoms with Gasteiger partial charge in [0.05, 0.1) is 19.1 Å². The van der Waals surface area contributed by atoms with Gasteiger partial charge in [-0.15, -0.1) is 0 Å². The first-order valence-corrected chi connectivity index (χ1v) is 7.14. The van der Waals surface area contributed by atoms with E-state index in [4.69, 9.17) is 4.74 Å². The molecule has 0 aromatic carbocycles. The Balaban J connectivity index is 1.84. The Hall–Kier alpha value is -0.820. The van der Waals surface area contributed by atoms with E-state index in [0.29, 0.717) is 32.6 Å². The fourth-order valence-electron chi connectivity index (χ4n) is 2.94. The van der Waals surface area contributed by atoms with Crippen molar-refractivity contribution in [2.24, 2.45) is 5.92 Å². The van der Waals surface area contributed by atoms with E-state index < -0.39 is 18.1 Å². The average molecular weight is 294 g/mol. The van der Waals surface area contributed by atoms with Crippen LogP contribution >= 0.6 is 0 Å². The molecule has 1 heterocycles. The highest BCUT2D eigenvalue weighted by molar-refractivity contribution is 5.77. The number of alkyl halides is 3. The Morgan fingerprint density at radius 3 is 2.70 bits per heavy atom. The highest BCUT2D eigenvalue weighted by Crippen LogP contribution is 2.37. The van der Waals surface area contributed by atoms with Gasteiger partial charge in [0.1, 0.15) is 0 Å². The lowest BCUT2D eigenvalue weighted by atomic mass is 9.84. The van der Waals surface area contributed by atoms with Gasteiger partial charge >= 0.3 is 6.18 Å². The number of hydrogen-bond donors (Lipinski definition) is 2. The number of rotatable bonds is 3. The van der Waals surface area contributed by atoms with Gasteiger partial charge in [0, 0.05) is 25.0 Å². The third kappa shape index (κ3) is 4.34. The molecule has 2 aliphatic rings. The number of ether oxygens (including phenoxy) is 1. The van der Waals surface area contributed by atoms with E-state index in [9.17, 15) is 18.0 Å². The van der Waals surface area contributed by atoms with Gasteiger partial charge in [-0.3, -0.25) is 4.79 Å². The van der Waals surface area contributed by atoms with Crippen LogP contribution in [0, 0.1) is 5.92 Å². The summed E-state index contributed by atoms with van der Waals surface area (Å²) in [4.78, 5) is 11.9. The van der Waals surface area contributed by atoms with Gasteiger partial charge in [-0.25, -0.2) is 0 Å². The SMILES string of the molecule is O=C(CC1COCCN1)NC1CCCCC1C(F)(F)F. The van der Waals surface area contributed by atoms with Crippen LogP contribution in [0.25, 0.3) is 0 Å². The molecule has 3 atom stereocenters. The molecule has 7 heteroatoms. The van der Waals surface area contributed by atoms with Crippen molar-refractivity contribution in [1.29, 1.82) is 0 Å². The molecule has 1 amide bonds. The zero-order valence-corrected chi connectivity index (χ0v) is 11.3. The molecule has 0 aromatic heterocycles. The molecule has 4 nitrogen and oxygen atoms in total. The molecule has 2 N–H and O–H groups in total. The van der Waals surface area contributed by atoms with Crippen molar-refractivity contribution in [2.45, 2.75) is 50.4 Å².